The van der Waals surface area contributed by atoms with Gasteiger partial charge in [-0.2, -0.15) is 0 Å². The molecule has 1 atom stereocenters. The van der Waals surface area contributed by atoms with E-state index in [0.717, 1.165) is 29.7 Å². The Bertz CT molecular complexity index is 782. The summed E-state index contributed by atoms with van der Waals surface area (Å²) in [6.45, 7) is 0.433. The molecule has 0 saturated heterocycles. The normalized spacial score (nSPS) is 16.5. The third-order valence-corrected chi connectivity index (χ3v) is 5.55. The van der Waals surface area contributed by atoms with Crippen LogP contribution in [0, 0.1) is 0 Å². The number of para-hydroxylation sites is 1. The monoisotopic (exact) mass is 374 g/mol. The maximum Gasteiger partial charge on any atom is 0.237 e. The zero-order valence-corrected chi connectivity index (χ0v) is 15.2. The topological polar surface area (TPSA) is 58.2 Å². The SMILES string of the molecule is O=C(CSC1CCc2ccccc2NC1=O)NCc1cccc(Cl)c1. The lowest BCUT2D eigenvalue weighted by molar-refractivity contribution is -0.118. The highest BCUT2D eigenvalue weighted by atomic mass is 35.5. The van der Waals surface area contributed by atoms with Crippen LogP contribution in [0.2, 0.25) is 5.02 Å². The lowest BCUT2D eigenvalue weighted by Gasteiger charge is -2.13. The average molecular weight is 375 g/mol. The first-order valence-electron chi connectivity index (χ1n) is 8.13. The Morgan fingerprint density at radius 2 is 2.08 bits per heavy atom. The summed E-state index contributed by atoms with van der Waals surface area (Å²) >= 11 is 7.32. The number of benzene rings is 2. The number of amides is 2. The number of carbonyl (C=O) groups is 2. The number of halogens is 1. The summed E-state index contributed by atoms with van der Waals surface area (Å²) in [7, 11) is 0. The number of hydrogen-bond acceptors (Lipinski definition) is 3. The zero-order valence-electron chi connectivity index (χ0n) is 13.6. The maximum absolute atomic E-state index is 12.3. The van der Waals surface area contributed by atoms with Crippen molar-refractivity contribution in [3.8, 4) is 0 Å². The fourth-order valence-electron chi connectivity index (χ4n) is 2.73. The molecule has 130 valence electrons. The van der Waals surface area contributed by atoms with Gasteiger partial charge in [0.1, 0.15) is 0 Å². The van der Waals surface area contributed by atoms with E-state index in [2.05, 4.69) is 10.6 Å². The van der Waals surface area contributed by atoms with E-state index in [1.54, 1.807) is 6.07 Å². The van der Waals surface area contributed by atoms with Crippen molar-refractivity contribution < 1.29 is 9.59 Å². The highest BCUT2D eigenvalue weighted by Gasteiger charge is 2.24. The molecule has 1 aliphatic rings. The van der Waals surface area contributed by atoms with Gasteiger partial charge >= 0.3 is 0 Å². The molecular formula is C19H19ClN2O2S. The predicted molar refractivity (Wildman–Crippen MR) is 103 cm³/mol. The fourth-order valence-corrected chi connectivity index (χ4v) is 3.89. The first-order valence-corrected chi connectivity index (χ1v) is 9.56. The van der Waals surface area contributed by atoms with Gasteiger partial charge in [-0.1, -0.05) is 41.9 Å². The van der Waals surface area contributed by atoms with Gasteiger partial charge in [-0.3, -0.25) is 9.59 Å². The Morgan fingerprint density at radius 3 is 2.92 bits per heavy atom. The molecule has 0 fully saturated rings. The number of thioether (sulfide) groups is 1. The van der Waals surface area contributed by atoms with Crippen molar-refractivity contribution in [3.63, 3.8) is 0 Å². The number of nitrogens with one attached hydrogen (secondary N) is 2. The Kier molecular flexibility index (Phi) is 6.00. The molecule has 1 unspecified atom stereocenters. The first kappa shape index (κ1) is 17.8. The van der Waals surface area contributed by atoms with E-state index >= 15 is 0 Å². The zero-order chi connectivity index (χ0) is 17.6. The molecule has 25 heavy (non-hydrogen) atoms. The van der Waals surface area contributed by atoms with Crippen molar-refractivity contribution in [1.29, 1.82) is 0 Å². The number of rotatable bonds is 5. The summed E-state index contributed by atoms with van der Waals surface area (Å²) < 4.78 is 0. The molecular weight excluding hydrogens is 356 g/mol. The minimum atomic E-state index is -0.218. The molecule has 1 heterocycles. The second-order valence-electron chi connectivity index (χ2n) is 5.89. The number of fused-ring (bicyclic) bond motifs is 1. The summed E-state index contributed by atoms with van der Waals surface area (Å²) in [5.74, 6) is 0.145. The minimum Gasteiger partial charge on any atom is -0.351 e. The lowest BCUT2D eigenvalue weighted by Crippen LogP contribution is -2.29. The Morgan fingerprint density at radius 1 is 1.24 bits per heavy atom. The van der Waals surface area contributed by atoms with Crippen LogP contribution in [0.5, 0.6) is 0 Å². The average Bonchev–Trinajstić information content (AvgIpc) is 2.76. The van der Waals surface area contributed by atoms with Gasteiger partial charge in [0.25, 0.3) is 0 Å². The maximum atomic E-state index is 12.3. The third kappa shape index (κ3) is 5.00. The Labute approximate surface area is 156 Å². The fraction of sp³-hybridized carbons (Fsp3) is 0.263. The van der Waals surface area contributed by atoms with Crippen molar-refractivity contribution in [1.82, 2.24) is 5.32 Å². The second kappa shape index (κ2) is 8.41. The van der Waals surface area contributed by atoms with Gasteiger partial charge < -0.3 is 10.6 Å². The van der Waals surface area contributed by atoms with Crippen molar-refractivity contribution in [2.75, 3.05) is 11.1 Å². The molecule has 4 nitrogen and oxygen atoms in total. The number of aryl methyl sites for hydroxylation is 1. The van der Waals surface area contributed by atoms with E-state index < -0.39 is 0 Å². The molecule has 0 aliphatic carbocycles. The number of carbonyl (C=O) groups excluding carboxylic acids is 2. The molecule has 0 aromatic heterocycles. The molecule has 2 aromatic rings. The summed E-state index contributed by atoms with van der Waals surface area (Å²) in [5, 5.41) is 6.25. The van der Waals surface area contributed by atoms with Gasteiger partial charge in [-0.15, -0.1) is 11.8 Å². The van der Waals surface area contributed by atoms with Crippen molar-refractivity contribution in [3.05, 3.63) is 64.7 Å². The molecule has 0 bridgehead atoms. The molecule has 2 aromatic carbocycles. The van der Waals surface area contributed by atoms with E-state index in [4.69, 9.17) is 11.6 Å². The lowest BCUT2D eigenvalue weighted by atomic mass is 10.1. The summed E-state index contributed by atoms with van der Waals surface area (Å²) in [5.41, 5.74) is 2.97. The molecule has 0 spiro atoms. The van der Waals surface area contributed by atoms with Crippen molar-refractivity contribution in [2.45, 2.75) is 24.6 Å². The Balaban J connectivity index is 1.48. The van der Waals surface area contributed by atoms with Crippen molar-refractivity contribution in [2.24, 2.45) is 0 Å². The van der Waals surface area contributed by atoms with Crippen LogP contribution in [0.1, 0.15) is 17.5 Å². The molecule has 1 aliphatic heterocycles. The quantitative estimate of drug-likeness (QED) is 0.840. The highest BCUT2D eigenvalue weighted by molar-refractivity contribution is 8.01. The van der Waals surface area contributed by atoms with Crippen LogP contribution in [0.25, 0.3) is 0 Å². The summed E-state index contributed by atoms with van der Waals surface area (Å²) in [6, 6.07) is 15.2. The smallest absolute Gasteiger partial charge is 0.237 e. The minimum absolute atomic E-state index is 0.0300. The van der Waals surface area contributed by atoms with Crippen molar-refractivity contribution >= 4 is 40.9 Å². The summed E-state index contributed by atoms with van der Waals surface area (Å²) in [6.07, 6.45) is 1.56. The van der Waals surface area contributed by atoms with Crippen LogP contribution in [0.4, 0.5) is 5.69 Å². The standard InChI is InChI=1S/C19H19ClN2O2S/c20-15-6-3-4-13(10-15)11-21-18(23)12-25-17-9-8-14-5-1-2-7-16(14)22-19(17)24/h1-7,10,17H,8-9,11-12H2,(H,21,23)(H,22,24). The van der Waals surface area contributed by atoms with Crippen LogP contribution in [0.15, 0.2) is 48.5 Å². The Hall–Kier alpha value is -1.98. The van der Waals surface area contributed by atoms with E-state index in [0.29, 0.717) is 11.6 Å². The van der Waals surface area contributed by atoms with Crippen LogP contribution in [0.3, 0.4) is 0 Å². The van der Waals surface area contributed by atoms with Crippen LogP contribution >= 0.6 is 23.4 Å². The molecule has 2 amide bonds. The predicted octanol–water partition coefficient (Wildman–Crippen LogP) is 3.64. The van der Waals surface area contributed by atoms with E-state index in [1.165, 1.54) is 11.8 Å². The van der Waals surface area contributed by atoms with Crippen LogP contribution in [-0.4, -0.2) is 22.8 Å². The van der Waals surface area contributed by atoms with Crippen LogP contribution in [-0.2, 0) is 22.6 Å². The molecule has 0 saturated carbocycles. The molecule has 3 rings (SSSR count). The molecule has 0 radical (unpaired) electrons. The van der Waals surface area contributed by atoms with Gasteiger partial charge in [0.15, 0.2) is 0 Å². The molecule has 2 N–H and O–H groups in total. The van der Waals surface area contributed by atoms with E-state index in [1.807, 2.05) is 42.5 Å². The van der Waals surface area contributed by atoms with Gasteiger partial charge in [-0.05, 0) is 42.2 Å². The number of hydrogen-bond donors (Lipinski definition) is 2. The van der Waals surface area contributed by atoms with Gasteiger partial charge in [-0.25, -0.2) is 0 Å². The molecule has 6 heteroatoms. The second-order valence-corrected chi connectivity index (χ2v) is 7.52. The largest absolute Gasteiger partial charge is 0.351 e. The van der Waals surface area contributed by atoms with Crippen LogP contribution < -0.4 is 10.6 Å². The van der Waals surface area contributed by atoms with Gasteiger partial charge in [0.05, 0.1) is 11.0 Å². The highest BCUT2D eigenvalue weighted by Crippen LogP contribution is 2.27. The van der Waals surface area contributed by atoms with Gasteiger partial charge in [0.2, 0.25) is 11.8 Å². The summed E-state index contributed by atoms with van der Waals surface area (Å²) in [4.78, 5) is 24.4. The van der Waals surface area contributed by atoms with Gasteiger partial charge in [0, 0.05) is 17.3 Å². The third-order valence-electron chi connectivity index (χ3n) is 4.04. The van der Waals surface area contributed by atoms with E-state index in [-0.39, 0.29) is 22.8 Å². The number of anilines is 1. The first-order chi connectivity index (χ1) is 12.1. The van der Waals surface area contributed by atoms with E-state index in [9.17, 15) is 9.59 Å².